The van der Waals surface area contributed by atoms with Gasteiger partial charge in [0.1, 0.15) is 11.6 Å². The van der Waals surface area contributed by atoms with Crippen molar-refractivity contribution < 1.29 is 24.5 Å². The first-order chi connectivity index (χ1) is 16.7. The van der Waals surface area contributed by atoms with Crippen molar-refractivity contribution in [1.29, 1.82) is 0 Å². The first kappa shape index (κ1) is 30.1. The van der Waals surface area contributed by atoms with Crippen LogP contribution in [0.15, 0.2) is 30.6 Å². The van der Waals surface area contributed by atoms with Gasteiger partial charge in [0.25, 0.3) is 11.9 Å². The summed E-state index contributed by atoms with van der Waals surface area (Å²) < 4.78 is 8.00. The summed E-state index contributed by atoms with van der Waals surface area (Å²) in [5.74, 6) is 0.358. The Bertz CT molecular complexity index is 891. The van der Waals surface area contributed by atoms with Gasteiger partial charge in [0, 0.05) is 56.0 Å². The molecule has 9 heteroatoms. The second-order valence-corrected chi connectivity index (χ2v) is 8.42. The average molecular weight is 491 g/mol. The molecule has 2 aromatic rings. The number of nitrogens with zero attached hydrogens (tertiary/aromatic N) is 3. The molecule has 0 radical (unpaired) electrons. The third kappa shape index (κ3) is 10.5. The van der Waals surface area contributed by atoms with E-state index in [1.165, 1.54) is 24.0 Å². The number of benzene rings is 1. The van der Waals surface area contributed by atoms with Crippen molar-refractivity contribution in [2.24, 2.45) is 0 Å². The van der Waals surface area contributed by atoms with Crippen LogP contribution >= 0.6 is 0 Å². The minimum atomic E-state index is -0.833. The summed E-state index contributed by atoms with van der Waals surface area (Å²) in [4.78, 5) is 25.1. The van der Waals surface area contributed by atoms with Crippen LogP contribution in [0.3, 0.4) is 0 Å². The number of rotatable bonds is 8. The molecule has 1 aliphatic heterocycles. The van der Waals surface area contributed by atoms with Crippen molar-refractivity contribution in [3.8, 4) is 17.1 Å². The van der Waals surface area contributed by atoms with Crippen molar-refractivity contribution in [1.82, 2.24) is 19.8 Å². The number of imidazole rings is 1. The van der Waals surface area contributed by atoms with Gasteiger partial charge in [0.15, 0.2) is 0 Å². The summed E-state index contributed by atoms with van der Waals surface area (Å²) in [7, 11) is 1.75. The normalized spacial score (nSPS) is 17.0. The van der Waals surface area contributed by atoms with Crippen molar-refractivity contribution >= 4 is 11.9 Å². The third-order valence-corrected chi connectivity index (χ3v) is 5.85. The Balaban J connectivity index is 0.000000668. The lowest BCUT2D eigenvalue weighted by molar-refractivity contribution is -0.135. The predicted octanol–water partition coefficient (Wildman–Crippen LogP) is 4.29. The van der Waals surface area contributed by atoms with Gasteiger partial charge in [-0.1, -0.05) is 20.8 Å². The summed E-state index contributed by atoms with van der Waals surface area (Å²) in [6.45, 7) is 12.9. The Morgan fingerprint density at radius 1 is 1.17 bits per heavy atom. The number of carbonyl (C=O) groups is 2. The van der Waals surface area contributed by atoms with E-state index in [-0.39, 0.29) is 0 Å². The van der Waals surface area contributed by atoms with Crippen LogP contribution in [0.1, 0.15) is 65.5 Å². The number of aliphatic carboxylic acids is 2. The molecule has 1 aromatic heterocycles. The largest absolute Gasteiger partial charge is 0.496 e. The smallest absolute Gasteiger partial charge is 0.300 e. The van der Waals surface area contributed by atoms with Gasteiger partial charge in [0.2, 0.25) is 0 Å². The third-order valence-electron chi connectivity index (χ3n) is 5.85. The number of methoxy groups -OCH3 is 1. The lowest BCUT2D eigenvalue weighted by Gasteiger charge is -2.31. The maximum Gasteiger partial charge on any atom is 0.300 e. The average Bonchev–Trinajstić information content (AvgIpc) is 3.32. The lowest BCUT2D eigenvalue weighted by atomic mass is 9.97. The minimum Gasteiger partial charge on any atom is -0.496 e. The van der Waals surface area contributed by atoms with Crippen LogP contribution in [-0.2, 0) is 16.1 Å². The van der Waals surface area contributed by atoms with Crippen LogP contribution in [0.5, 0.6) is 5.75 Å². The molecule has 1 aliphatic rings. The Hall–Kier alpha value is -2.91. The molecule has 3 rings (SSSR count). The van der Waals surface area contributed by atoms with Gasteiger partial charge in [-0.15, -0.1) is 0 Å². The molecule has 2 atom stereocenters. The number of hydrogen-bond acceptors (Lipinski definition) is 6. The standard InChI is InChI=1S/C22H34N4O.2C2H4O2/c1-5-19-15-20(10-11-23-19)26-13-12-24-22(26)17-8-9-21(27-4)18(14-17)16-25(6-2)7-3;2*1-2(3)4/h8-9,12-14,19-20,23H,5-7,10-11,15-16H2,1-4H3;2*1H3,(H,3,4)/t19-,20+;;/m0../s1. The highest BCUT2D eigenvalue weighted by molar-refractivity contribution is 5.63. The molecule has 9 nitrogen and oxygen atoms in total. The zero-order valence-electron chi connectivity index (χ0n) is 22.0. The van der Waals surface area contributed by atoms with Crippen LogP contribution in [0.25, 0.3) is 11.4 Å². The number of nitrogens with one attached hydrogen (secondary N) is 1. The maximum atomic E-state index is 9.00. The molecular formula is C26H42N4O5. The van der Waals surface area contributed by atoms with Gasteiger partial charge in [-0.25, -0.2) is 4.98 Å². The molecule has 2 heterocycles. The summed E-state index contributed by atoms with van der Waals surface area (Å²) in [6.07, 6.45) is 7.58. The summed E-state index contributed by atoms with van der Waals surface area (Å²) in [6, 6.07) is 7.61. The Morgan fingerprint density at radius 2 is 1.80 bits per heavy atom. The molecule has 0 unspecified atom stereocenters. The molecule has 35 heavy (non-hydrogen) atoms. The molecule has 0 bridgehead atoms. The van der Waals surface area contributed by atoms with Crippen molar-refractivity contribution in [3.05, 3.63) is 36.2 Å². The first-order valence-electron chi connectivity index (χ1n) is 12.2. The second kappa shape index (κ2) is 15.9. The van der Waals surface area contributed by atoms with Crippen molar-refractivity contribution in [2.75, 3.05) is 26.7 Å². The van der Waals surface area contributed by atoms with E-state index in [1.54, 1.807) is 7.11 Å². The Labute approximate surface area is 209 Å². The molecule has 196 valence electrons. The lowest BCUT2D eigenvalue weighted by Crippen LogP contribution is -2.38. The number of carboxylic acid groups (broad SMARTS) is 2. The zero-order valence-corrected chi connectivity index (χ0v) is 22.0. The second-order valence-electron chi connectivity index (χ2n) is 8.42. The van der Waals surface area contributed by atoms with E-state index in [0.717, 1.165) is 58.0 Å². The van der Waals surface area contributed by atoms with E-state index < -0.39 is 11.9 Å². The fourth-order valence-electron chi connectivity index (χ4n) is 4.11. The Kier molecular flexibility index (Phi) is 13.7. The summed E-state index contributed by atoms with van der Waals surface area (Å²) >= 11 is 0. The minimum absolute atomic E-state index is 0.516. The van der Waals surface area contributed by atoms with E-state index in [1.807, 2.05) is 6.20 Å². The monoisotopic (exact) mass is 490 g/mol. The molecule has 1 saturated heterocycles. The molecule has 0 spiro atoms. The fraction of sp³-hybridized carbons (Fsp3) is 0.577. The molecule has 0 amide bonds. The summed E-state index contributed by atoms with van der Waals surface area (Å²) in [5.41, 5.74) is 2.40. The highest BCUT2D eigenvalue weighted by atomic mass is 16.5. The molecule has 0 aliphatic carbocycles. The van der Waals surface area contributed by atoms with Crippen LogP contribution in [-0.4, -0.2) is 69.4 Å². The zero-order chi connectivity index (χ0) is 26.4. The van der Waals surface area contributed by atoms with Gasteiger partial charge in [-0.3, -0.25) is 14.5 Å². The topological polar surface area (TPSA) is 117 Å². The van der Waals surface area contributed by atoms with Gasteiger partial charge < -0.3 is 24.8 Å². The van der Waals surface area contributed by atoms with Crippen LogP contribution in [0.4, 0.5) is 0 Å². The van der Waals surface area contributed by atoms with Gasteiger partial charge in [0.05, 0.1) is 7.11 Å². The van der Waals surface area contributed by atoms with Gasteiger partial charge in [-0.05, 0) is 57.1 Å². The number of hydrogen-bond donors (Lipinski definition) is 3. The van der Waals surface area contributed by atoms with Crippen molar-refractivity contribution in [3.63, 3.8) is 0 Å². The fourth-order valence-corrected chi connectivity index (χ4v) is 4.11. The van der Waals surface area contributed by atoms with E-state index >= 15 is 0 Å². The molecule has 1 aromatic carbocycles. The highest BCUT2D eigenvalue weighted by Crippen LogP contribution is 2.31. The quantitative estimate of drug-likeness (QED) is 0.502. The van der Waals surface area contributed by atoms with Crippen molar-refractivity contribution in [2.45, 2.75) is 72.5 Å². The van der Waals surface area contributed by atoms with E-state index in [0.29, 0.717) is 12.1 Å². The number of ether oxygens (including phenoxy) is 1. The Morgan fingerprint density at radius 3 is 2.34 bits per heavy atom. The van der Waals surface area contributed by atoms with Crippen LogP contribution in [0, 0.1) is 0 Å². The summed E-state index contributed by atoms with van der Waals surface area (Å²) in [5, 5.41) is 18.5. The molecule has 3 N–H and O–H groups in total. The van der Waals surface area contributed by atoms with Gasteiger partial charge in [-0.2, -0.15) is 0 Å². The molecule has 1 fully saturated rings. The first-order valence-corrected chi connectivity index (χ1v) is 12.2. The number of piperidine rings is 1. The SMILES string of the molecule is CC(=O)O.CC(=O)O.CC[C@H]1C[C@H](n2ccnc2-c2ccc(OC)c(CN(CC)CC)c2)CCN1. The van der Waals surface area contributed by atoms with Crippen LogP contribution < -0.4 is 10.1 Å². The van der Waals surface area contributed by atoms with Gasteiger partial charge >= 0.3 is 0 Å². The number of aromatic nitrogens is 2. The van der Waals surface area contributed by atoms with Crippen LogP contribution in [0.2, 0.25) is 0 Å². The maximum absolute atomic E-state index is 9.00. The highest BCUT2D eigenvalue weighted by Gasteiger charge is 2.24. The predicted molar refractivity (Wildman–Crippen MR) is 138 cm³/mol. The van der Waals surface area contributed by atoms with E-state index in [2.05, 4.69) is 60.0 Å². The molecular weight excluding hydrogens is 448 g/mol. The van der Waals surface area contributed by atoms with E-state index in [4.69, 9.17) is 29.5 Å². The molecule has 0 saturated carbocycles. The van der Waals surface area contributed by atoms with E-state index in [9.17, 15) is 0 Å². The number of carboxylic acids is 2.